The fourth-order valence-electron chi connectivity index (χ4n) is 3.34. The van der Waals surface area contributed by atoms with Crippen LogP contribution in [0.4, 0.5) is 0 Å². The van der Waals surface area contributed by atoms with Crippen LogP contribution >= 0.6 is 0 Å². The number of benzene rings is 1. The summed E-state index contributed by atoms with van der Waals surface area (Å²) >= 11 is 0. The van der Waals surface area contributed by atoms with Gasteiger partial charge in [0.2, 0.25) is 0 Å². The number of ether oxygens (including phenoxy) is 2. The van der Waals surface area contributed by atoms with E-state index >= 15 is 0 Å². The van der Waals surface area contributed by atoms with Crippen LogP contribution in [0.25, 0.3) is 0 Å². The molecule has 2 atom stereocenters. The minimum atomic E-state index is 0.187. The number of hydrogen-bond donors (Lipinski definition) is 1. The monoisotopic (exact) mass is 276 g/mol. The Bertz CT molecular complexity index is 474. The van der Waals surface area contributed by atoms with Crippen LogP contribution in [0, 0.1) is 0 Å². The van der Waals surface area contributed by atoms with Crippen LogP contribution in [0.15, 0.2) is 18.2 Å². The molecule has 1 saturated carbocycles. The van der Waals surface area contributed by atoms with E-state index in [-0.39, 0.29) is 12.1 Å². The first-order valence-corrected chi connectivity index (χ1v) is 7.48. The summed E-state index contributed by atoms with van der Waals surface area (Å²) in [6.07, 6.45) is 4.90. The van der Waals surface area contributed by atoms with Crippen LogP contribution in [0.3, 0.4) is 0 Å². The van der Waals surface area contributed by atoms with Gasteiger partial charge in [-0.3, -0.25) is 4.90 Å². The Kier molecular flexibility index (Phi) is 3.85. The second-order valence-corrected chi connectivity index (χ2v) is 5.83. The number of nitrogens with two attached hydrogens (primary N) is 1. The van der Waals surface area contributed by atoms with Gasteiger partial charge in [0.25, 0.3) is 0 Å². The minimum absolute atomic E-state index is 0.187. The second-order valence-electron chi connectivity index (χ2n) is 5.83. The average molecular weight is 276 g/mol. The molecule has 3 rings (SSSR count). The molecule has 1 aromatic rings. The molecule has 2 N–H and O–H groups in total. The van der Waals surface area contributed by atoms with E-state index in [9.17, 15) is 0 Å². The van der Waals surface area contributed by atoms with Crippen molar-refractivity contribution in [1.29, 1.82) is 0 Å². The first-order chi connectivity index (χ1) is 9.74. The van der Waals surface area contributed by atoms with E-state index in [1.807, 2.05) is 12.1 Å². The number of piperidine rings is 1. The zero-order valence-electron chi connectivity index (χ0n) is 12.3. The van der Waals surface area contributed by atoms with E-state index in [0.717, 1.165) is 30.5 Å². The van der Waals surface area contributed by atoms with Crippen molar-refractivity contribution in [3.05, 3.63) is 23.8 Å². The normalized spacial score (nSPS) is 27.4. The molecule has 1 heterocycles. The summed E-state index contributed by atoms with van der Waals surface area (Å²) in [4.78, 5) is 2.58. The highest BCUT2D eigenvalue weighted by Crippen LogP contribution is 2.42. The molecule has 20 heavy (non-hydrogen) atoms. The molecule has 0 aromatic heterocycles. The van der Waals surface area contributed by atoms with Crippen molar-refractivity contribution in [1.82, 2.24) is 4.90 Å². The molecule has 0 amide bonds. The van der Waals surface area contributed by atoms with Crippen molar-refractivity contribution >= 4 is 0 Å². The van der Waals surface area contributed by atoms with Crippen LogP contribution in [-0.2, 0) is 0 Å². The number of likely N-dealkylation sites (tertiary alicyclic amines) is 1. The predicted octanol–water partition coefficient (Wildman–Crippen LogP) is 2.33. The first kappa shape index (κ1) is 13.7. The molecule has 1 aliphatic carbocycles. The highest BCUT2D eigenvalue weighted by molar-refractivity contribution is 5.43. The predicted molar refractivity (Wildman–Crippen MR) is 79.2 cm³/mol. The maximum absolute atomic E-state index is 6.43. The SMILES string of the molecule is COc1ccc(C2C(N)CCCN2C2CC2)c(OC)c1. The van der Waals surface area contributed by atoms with Crippen molar-refractivity contribution in [2.75, 3.05) is 20.8 Å². The van der Waals surface area contributed by atoms with Gasteiger partial charge in [-0.15, -0.1) is 0 Å². The lowest BCUT2D eigenvalue weighted by atomic mass is 9.90. The molecule has 2 fully saturated rings. The molecule has 0 radical (unpaired) electrons. The molecular weight excluding hydrogens is 252 g/mol. The Balaban J connectivity index is 1.95. The standard InChI is InChI=1S/C16H24N2O2/c1-19-12-7-8-13(15(10-12)20-2)16-14(17)4-3-9-18(16)11-5-6-11/h7-8,10-11,14,16H,3-6,9,17H2,1-2H3. The van der Waals surface area contributed by atoms with Gasteiger partial charge in [-0.05, 0) is 38.3 Å². The van der Waals surface area contributed by atoms with Gasteiger partial charge in [-0.25, -0.2) is 0 Å². The largest absolute Gasteiger partial charge is 0.497 e. The summed E-state index contributed by atoms with van der Waals surface area (Å²) in [6.45, 7) is 1.15. The van der Waals surface area contributed by atoms with E-state index in [2.05, 4.69) is 11.0 Å². The molecule has 1 aromatic carbocycles. The van der Waals surface area contributed by atoms with E-state index in [1.54, 1.807) is 14.2 Å². The van der Waals surface area contributed by atoms with Gasteiger partial charge in [0.1, 0.15) is 11.5 Å². The topological polar surface area (TPSA) is 47.7 Å². The highest BCUT2D eigenvalue weighted by atomic mass is 16.5. The molecule has 2 unspecified atom stereocenters. The van der Waals surface area contributed by atoms with Crippen LogP contribution in [0.5, 0.6) is 11.5 Å². The van der Waals surface area contributed by atoms with Crippen molar-refractivity contribution in [2.24, 2.45) is 5.73 Å². The van der Waals surface area contributed by atoms with Crippen LogP contribution in [0.2, 0.25) is 0 Å². The van der Waals surface area contributed by atoms with E-state index in [1.165, 1.54) is 24.8 Å². The third-order valence-electron chi connectivity index (χ3n) is 4.49. The van der Waals surface area contributed by atoms with Crippen molar-refractivity contribution in [2.45, 2.75) is 43.8 Å². The second kappa shape index (κ2) is 5.62. The Labute approximate surface area is 120 Å². The van der Waals surface area contributed by atoms with Gasteiger partial charge in [-0.1, -0.05) is 6.07 Å². The third kappa shape index (κ3) is 2.50. The average Bonchev–Trinajstić information content (AvgIpc) is 3.31. The molecule has 4 nitrogen and oxygen atoms in total. The number of nitrogens with zero attached hydrogens (tertiary/aromatic N) is 1. The van der Waals surface area contributed by atoms with E-state index < -0.39 is 0 Å². The zero-order valence-corrected chi connectivity index (χ0v) is 12.3. The smallest absolute Gasteiger partial charge is 0.127 e. The van der Waals surface area contributed by atoms with Gasteiger partial charge in [0, 0.05) is 23.7 Å². The Morgan fingerprint density at radius 2 is 1.95 bits per heavy atom. The summed E-state index contributed by atoms with van der Waals surface area (Å²) in [7, 11) is 3.39. The fraction of sp³-hybridized carbons (Fsp3) is 0.625. The summed E-state index contributed by atoms with van der Waals surface area (Å²) in [6, 6.07) is 7.26. The quantitative estimate of drug-likeness (QED) is 0.917. The lowest BCUT2D eigenvalue weighted by molar-refractivity contribution is 0.117. The highest BCUT2D eigenvalue weighted by Gasteiger charge is 2.40. The maximum atomic E-state index is 6.43. The Morgan fingerprint density at radius 1 is 1.15 bits per heavy atom. The van der Waals surface area contributed by atoms with Gasteiger partial charge in [0.05, 0.1) is 20.3 Å². The molecule has 2 aliphatic rings. The molecule has 4 heteroatoms. The van der Waals surface area contributed by atoms with Crippen LogP contribution in [-0.4, -0.2) is 37.7 Å². The number of rotatable bonds is 4. The lowest BCUT2D eigenvalue weighted by Crippen LogP contribution is -2.46. The molecular formula is C16H24N2O2. The summed E-state index contributed by atoms with van der Waals surface area (Å²) < 4.78 is 10.9. The minimum Gasteiger partial charge on any atom is -0.497 e. The van der Waals surface area contributed by atoms with Crippen molar-refractivity contribution in [3.8, 4) is 11.5 Å². The summed E-state index contributed by atoms with van der Waals surface area (Å²) in [5.74, 6) is 1.71. The summed E-state index contributed by atoms with van der Waals surface area (Å²) in [5.41, 5.74) is 7.63. The van der Waals surface area contributed by atoms with Gasteiger partial charge < -0.3 is 15.2 Å². The van der Waals surface area contributed by atoms with Gasteiger partial charge >= 0.3 is 0 Å². The lowest BCUT2D eigenvalue weighted by Gasteiger charge is -2.40. The summed E-state index contributed by atoms with van der Waals surface area (Å²) in [5, 5.41) is 0. The van der Waals surface area contributed by atoms with Crippen molar-refractivity contribution < 1.29 is 9.47 Å². The van der Waals surface area contributed by atoms with Gasteiger partial charge in [-0.2, -0.15) is 0 Å². The first-order valence-electron chi connectivity index (χ1n) is 7.48. The Hall–Kier alpha value is -1.26. The Morgan fingerprint density at radius 3 is 2.60 bits per heavy atom. The van der Waals surface area contributed by atoms with Crippen LogP contribution in [0.1, 0.15) is 37.3 Å². The number of hydrogen-bond acceptors (Lipinski definition) is 4. The molecule has 1 saturated heterocycles. The maximum Gasteiger partial charge on any atom is 0.127 e. The zero-order chi connectivity index (χ0) is 14.1. The van der Waals surface area contributed by atoms with E-state index in [0.29, 0.717) is 0 Å². The van der Waals surface area contributed by atoms with E-state index in [4.69, 9.17) is 15.2 Å². The molecule has 0 bridgehead atoms. The van der Waals surface area contributed by atoms with Gasteiger partial charge in [0.15, 0.2) is 0 Å². The fourth-order valence-corrected chi connectivity index (χ4v) is 3.34. The third-order valence-corrected chi connectivity index (χ3v) is 4.49. The van der Waals surface area contributed by atoms with Crippen molar-refractivity contribution in [3.63, 3.8) is 0 Å². The molecule has 1 aliphatic heterocycles. The molecule has 110 valence electrons. The molecule has 0 spiro atoms. The van der Waals surface area contributed by atoms with Crippen LogP contribution < -0.4 is 15.2 Å². The number of methoxy groups -OCH3 is 2.